The van der Waals surface area contributed by atoms with Gasteiger partial charge in [-0.1, -0.05) is 92.1 Å². The largest absolute Gasteiger partial charge is 0.468 e. The summed E-state index contributed by atoms with van der Waals surface area (Å²) < 4.78 is 10.4. The minimum atomic E-state index is -1.27. The highest BCUT2D eigenvalue weighted by Crippen LogP contribution is 2.66. The van der Waals surface area contributed by atoms with E-state index >= 15 is 0 Å². The third-order valence-corrected chi connectivity index (χ3v) is 9.33. The molecule has 0 radical (unpaired) electrons. The molecular weight excluding hydrogens is 460 g/mol. The van der Waals surface area contributed by atoms with Crippen molar-refractivity contribution in [3.63, 3.8) is 0 Å². The van der Waals surface area contributed by atoms with Gasteiger partial charge in [0.1, 0.15) is 0 Å². The molecule has 2 saturated carbocycles. The second kappa shape index (κ2) is 8.18. The lowest BCUT2D eigenvalue weighted by Gasteiger charge is -2.31. The maximum absolute atomic E-state index is 13.2. The molecule has 0 unspecified atom stereocenters. The van der Waals surface area contributed by atoms with E-state index in [1.165, 1.54) is 53.2 Å². The van der Waals surface area contributed by atoms with Crippen molar-refractivity contribution in [2.45, 2.75) is 58.3 Å². The maximum Gasteiger partial charge on any atom is 0.323 e. The summed E-state index contributed by atoms with van der Waals surface area (Å²) in [7, 11) is 2.75. The third-order valence-electron chi connectivity index (χ3n) is 9.33. The molecule has 2 atom stereocenters. The zero-order valence-corrected chi connectivity index (χ0v) is 22.5. The third kappa shape index (κ3) is 3.41. The van der Waals surface area contributed by atoms with Gasteiger partial charge in [-0.05, 0) is 65.7 Å². The van der Waals surface area contributed by atoms with E-state index in [0.717, 1.165) is 19.3 Å². The molecule has 0 saturated heterocycles. The molecule has 4 heteroatoms. The number of fused-ring (bicyclic) bond motifs is 7. The number of esters is 2. The van der Waals surface area contributed by atoms with Gasteiger partial charge in [-0.3, -0.25) is 9.59 Å². The van der Waals surface area contributed by atoms with Crippen LogP contribution in [0.15, 0.2) is 71.3 Å². The second-order valence-corrected chi connectivity index (χ2v) is 12.6. The molecule has 0 N–H and O–H groups in total. The Morgan fingerprint density at radius 1 is 0.838 bits per heavy atom. The van der Waals surface area contributed by atoms with Crippen molar-refractivity contribution in [1.29, 1.82) is 0 Å². The van der Waals surface area contributed by atoms with Crippen LogP contribution in [0.4, 0.5) is 0 Å². The molecule has 0 aromatic heterocycles. The second-order valence-electron chi connectivity index (χ2n) is 12.6. The van der Waals surface area contributed by atoms with Gasteiger partial charge in [-0.2, -0.15) is 0 Å². The summed E-state index contributed by atoms with van der Waals surface area (Å²) in [5.74, 6) is -0.480. The van der Waals surface area contributed by atoms with E-state index in [9.17, 15) is 9.59 Å². The Hall–Kier alpha value is -3.14. The summed E-state index contributed by atoms with van der Waals surface area (Å²) in [6.07, 6.45) is 6.19. The molecule has 0 aliphatic heterocycles. The van der Waals surface area contributed by atoms with Crippen LogP contribution in [0.1, 0.15) is 64.0 Å². The Bertz CT molecular complexity index is 1310. The molecule has 1 spiro atoms. The van der Waals surface area contributed by atoms with Crippen molar-refractivity contribution in [3.05, 3.63) is 82.5 Å². The van der Waals surface area contributed by atoms with E-state index in [1.54, 1.807) is 0 Å². The lowest BCUT2D eigenvalue weighted by atomic mass is 9.73. The standard InChI is InChI=1S/C33H36O4/c1-31(2,3)15-20-14-21-16-32(27-12-8-6-10-22(27)23-11-7-9-13-28(23)32)17-24(21)26-19-33(18-25(20)26,29(34)36-4)30(35)37-5/h6-13,15,21,25H,14,16-19H2,1-5H3/b20-15-/t21-,25-/m0/s1. The van der Waals surface area contributed by atoms with E-state index in [1.807, 2.05) is 0 Å². The van der Waals surface area contributed by atoms with Crippen LogP contribution in [0, 0.1) is 22.7 Å². The number of rotatable bonds is 2. The number of hydrogen-bond donors (Lipinski definition) is 0. The first-order valence-electron chi connectivity index (χ1n) is 13.4. The molecule has 2 aromatic carbocycles. The fraction of sp³-hybridized carbons (Fsp3) is 0.455. The Kier molecular flexibility index (Phi) is 5.35. The van der Waals surface area contributed by atoms with E-state index in [-0.39, 0.29) is 16.7 Å². The average Bonchev–Trinajstić information content (AvgIpc) is 3.55. The molecule has 6 rings (SSSR count). The predicted octanol–water partition coefficient (Wildman–Crippen LogP) is 6.78. The lowest BCUT2D eigenvalue weighted by molar-refractivity contribution is -0.168. The molecule has 0 bridgehead atoms. The highest BCUT2D eigenvalue weighted by Gasteiger charge is 2.60. The number of ether oxygens (including phenoxy) is 2. The predicted molar refractivity (Wildman–Crippen MR) is 144 cm³/mol. The van der Waals surface area contributed by atoms with Crippen LogP contribution < -0.4 is 0 Å². The number of carbonyl (C=O) groups is 2. The summed E-state index contributed by atoms with van der Waals surface area (Å²) in [6, 6.07) is 17.7. The van der Waals surface area contributed by atoms with Crippen molar-refractivity contribution >= 4 is 11.9 Å². The first-order chi connectivity index (χ1) is 17.6. The number of methoxy groups -OCH3 is 2. The summed E-state index contributed by atoms with van der Waals surface area (Å²) >= 11 is 0. The minimum absolute atomic E-state index is 0.00256. The molecule has 4 nitrogen and oxygen atoms in total. The molecule has 0 amide bonds. The van der Waals surface area contributed by atoms with Gasteiger partial charge in [0.05, 0.1) is 14.2 Å². The van der Waals surface area contributed by atoms with Gasteiger partial charge >= 0.3 is 11.9 Å². The fourth-order valence-corrected chi connectivity index (χ4v) is 8.09. The zero-order valence-electron chi connectivity index (χ0n) is 22.5. The minimum Gasteiger partial charge on any atom is -0.468 e. The van der Waals surface area contributed by atoms with Gasteiger partial charge < -0.3 is 9.47 Å². The number of carbonyl (C=O) groups excluding carboxylic acids is 2. The zero-order chi connectivity index (χ0) is 26.2. The summed E-state index contributed by atoms with van der Waals surface area (Å²) in [5, 5.41) is 0. The van der Waals surface area contributed by atoms with Gasteiger partial charge in [0.25, 0.3) is 0 Å². The van der Waals surface area contributed by atoms with Crippen molar-refractivity contribution in [2.24, 2.45) is 22.7 Å². The highest BCUT2D eigenvalue weighted by atomic mass is 16.5. The highest BCUT2D eigenvalue weighted by molar-refractivity contribution is 6.01. The maximum atomic E-state index is 13.2. The van der Waals surface area contributed by atoms with Crippen LogP contribution in [0.5, 0.6) is 0 Å². The van der Waals surface area contributed by atoms with Gasteiger partial charge in [0, 0.05) is 11.3 Å². The van der Waals surface area contributed by atoms with E-state index in [4.69, 9.17) is 9.47 Å². The van der Waals surface area contributed by atoms with Crippen LogP contribution in [0.3, 0.4) is 0 Å². The SMILES string of the molecule is COC(=O)C1(C(=O)OC)CC2=C3CC4(C[C@@H]3C/C(=C/C(C)(C)C)[C@@H]2C1)c1ccccc1-c1ccccc14. The monoisotopic (exact) mass is 496 g/mol. The van der Waals surface area contributed by atoms with Crippen LogP contribution in [-0.2, 0) is 24.5 Å². The molecule has 0 heterocycles. The topological polar surface area (TPSA) is 52.6 Å². The Balaban J connectivity index is 1.54. The van der Waals surface area contributed by atoms with Crippen LogP contribution >= 0.6 is 0 Å². The number of allylic oxidation sites excluding steroid dienone is 4. The molecule has 192 valence electrons. The van der Waals surface area contributed by atoms with Crippen LogP contribution in [0.25, 0.3) is 11.1 Å². The molecule has 37 heavy (non-hydrogen) atoms. The molecule has 2 aromatic rings. The average molecular weight is 497 g/mol. The Labute approximate surface area is 219 Å². The van der Waals surface area contributed by atoms with Crippen LogP contribution in [-0.4, -0.2) is 26.2 Å². The molecule has 2 fully saturated rings. The summed E-state index contributed by atoms with van der Waals surface area (Å²) in [6.45, 7) is 6.67. The molecule has 4 aliphatic carbocycles. The molecule has 4 aliphatic rings. The smallest absolute Gasteiger partial charge is 0.323 e. The number of hydrogen-bond acceptors (Lipinski definition) is 4. The van der Waals surface area contributed by atoms with Crippen LogP contribution in [0.2, 0.25) is 0 Å². The Morgan fingerprint density at radius 2 is 1.41 bits per heavy atom. The van der Waals surface area contributed by atoms with E-state index in [0.29, 0.717) is 18.8 Å². The van der Waals surface area contributed by atoms with Gasteiger partial charge in [0.15, 0.2) is 5.41 Å². The van der Waals surface area contributed by atoms with Crippen molar-refractivity contribution in [3.8, 4) is 11.1 Å². The summed E-state index contributed by atoms with van der Waals surface area (Å²) in [4.78, 5) is 26.4. The van der Waals surface area contributed by atoms with Crippen molar-refractivity contribution in [1.82, 2.24) is 0 Å². The normalized spacial score (nSPS) is 25.5. The quantitative estimate of drug-likeness (QED) is 0.261. The van der Waals surface area contributed by atoms with Gasteiger partial charge in [-0.25, -0.2) is 0 Å². The summed E-state index contributed by atoms with van der Waals surface area (Å²) in [5.41, 5.74) is 8.28. The lowest BCUT2D eigenvalue weighted by Crippen LogP contribution is -2.39. The van der Waals surface area contributed by atoms with Crippen molar-refractivity contribution in [2.75, 3.05) is 14.2 Å². The van der Waals surface area contributed by atoms with Gasteiger partial charge in [0.2, 0.25) is 0 Å². The molecular formula is C33H36O4. The van der Waals surface area contributed by atoms with Gasteiger partial charge in [-0.15, -0.1) is 0 Å². The first-order valence-corrected chi connectivity index (χ1v) is 13.4. The number of benzene rings is 2. The van der Waals surface area contributed by atoms with E-state index < -0.39 is 17.4 Å². The van der Waals surface area contributed by atoms with E-state index in [2.05, 4.69) is 75.4 Å². The fourth-order valence-electron chi connectivity index (χ4n) is 8.09. The Morgan fingerprint density at radius 3 is 1.95 bits per heavy atom. The first kappa shape index (κ1) is 24.2. The van der Waals surface area contributed by atoms with Crippen molar-refractivity contribution < 1.29 is 19.1 Å².